The van der Waals surface area contributed by atoms with Crippen molar-refractivity contribution in [2.75, 3.05) is 13.2 Å². The van der Waals surface area contributed by atoms with Crippen LogP contribution in [-0.4, -0.2) is 19.0 Å². The molecule has 0 aromatic heterocycles. The fourth-order valence-corrected chi connectivity index (χ4v) is 2.43. The second kappa shape index (κ2) is 7.13. The lowest BCUT2D eigenvalue weighted by Gasteiger charge is -2.13. The molecule has 2 rings (SSSR count). The van der Waals surface area contributed by atoms with E-state index in [4.69, 9.17) is 9.47 Å². The quantitative estimate of drug-likeness (QED) is 0.813. The van der Waals surface area contributed by atoms with Gasteiger partial charge in [-0.15, -0.1) is 0 Å². The summed E-state index contributed by atoms with van der Waals surface area (Å²) in [5.74, 6) is 1.74. The molecule has 0 heterocycles. The van der Waals surface area contributed by atoms with Crippen molar-refractivity contribution in [3.8, 4) is 11.5 Å². The molecule has 1 aromatic rings. The molecule has 1 aliphatic carbocycles. The first kappa shape index (κ1) is 14.6. The smallest absolute Gasteiger partial charge is 0.161 e. The lowest BCUT2D eigenvalue weighted by molar-refractivity contribution is -0.114. The molecule has 3 nitrogen and oxygen atoms in total. The molecule has 0 spiro atoms. The van der Waals surface area contributed by atoms with Gasteiger partial charge in [-0.2, -0.15) is 0 Å². The normalized spacial score (nSPS) is 15.5. The predicted molar refractivity (Wildman–Crippen MR) is 80.2 cm³/mol. The number of carbonyl (C=O) groups is 1. The highest BCUT2D eigenvalue weighted by molar-refractivity contribution is 5.97. The Morgan fingerprint density at radius 2 is 1.70 bits per heavy atom. The number of carbonyl (C=O) groups excluding carboxylic acids is 1. The summed E-state index contributed by atoms with van der Waals surface area (Å²) < 4.78 is 11.2. The van der Waals surface area contributed by atoms with Gasteiger partial charge >= 0.3 is 0 Å². The third kappa shape index (κ3) is 3.62. The molecule has 20 heavy (non-hydrogen) atoms. The zero-order chi connectivity index (χ0) is 14.4. The summed E-state index contributed by atoms with van der Waals surface area (Å²) >= 11 is 0. The third-order valence-electron chi connectivity index (χ3n) is 3.37. The van der Waals surface area contributed by atoms with Crippen LogP contribution in [0.15, 0.2) is 24.3 Å². The van der Waals surface area contributed by atoms with E-state index < -0.39 is 0 Å². The first-order valence-corrected chi connectivity index (χ1v) is 7.38. The van der Waals surface area contributed by atoms with Gasteiger partial charge in [0.25, 0.3) is 0 Å². The molecular formula is C17H22O3. The van der Waals surface area contributed by atoms with Crippen LogP contribution in [0.2, 0.25) is 0 Å². The second-order valence-corrected chi connectivity index (χ2v) is 4.87. The molecule has 3 heteroatoms. The van der Waals surface area contributed by atoms with Crippen molar-refractivity contribution in [1.29, 1.82) is 0 Å². The van der Waals surface area contributed by atoms with Crippen molar-refractivity contribution in [3.05, 3.63) is 29.8 Å². The van der Waals surface area contributed by atoms with Crippen molar-refractivity contribution < 1.29 is 14.3 Å². The number of allylic oxidation sites excluding steroid dienone is 2. The van der Waals surface area contributed by atoms with Gasteiger partial charge in [0.15, 0.2) is 17.3 Å². The van der Waals surface area contributed by atoms with Gasteiger partial charge in [-0.1, -0.05) is 6.07 Å². The molecule has 1 aromatic carbocycles. The van der Waals surface area contributed by atoms with Crippen LogP contribution in [0.3, 0.4) is 0 Å². The Morgan fingerprint density at radius 3 is 2.45 bits per heavy atom. The van der Waals surface area contributed by atoms with E-state index in [9.17, 15) is 4.79 Å². The monoisotopic (exact) mass is 274 g/mol. The average Bonchev–Trinajstić information content (AvgIpc) is 2.66. The molecule has 0 saturated heterocycles. The topological polar surface area (TPSA) is 35.5 Å². The number of hydrogen-bond donors (Lipinski definition) is 0. The lowest BCUT2D eigenvalue weighted by atomic mass is 10.0. The molecular weight excluding hydrogens is 252 g/mol. The zero-order valence-electron chi connectivity index (χ0n) is 12.3. The highest BCUT2D eigenvalue weighted by Crippen LogP contribution is 2.33. The summed E-state index contributed by atoms with van der Waals surface area (Å²) in [6.45, 7) is 5.12. The van der Waals surface area contributed by atoms with E-state index in [2.05, 4.69) is 0 Å². The van der Waals surface area contributed by atoms with Crippen LogP contribution in [0.5, 0.6) is 11.5 Å². The summed E-state index contributed by atoms with van der Waals surface area (Å²) in [6.07, 6.45) is 5.45. The molecule has 0 amide bonds. The van der Waals surface area contributed by atoms with Gasteiger partial charge in [0.2, 0.25) is 0 Å². The minimum Gasteiger partial charge on any atom is -0.490 e. The number of hydrogen-bond acceptors (Lipinski definition) is 3. The highest BCUT2D eigenvalue weighted by atomic mass is 16.5. The summed E-state index contributed by atoms with van der Waals surface area (Å²) in [4.78, 5) is 11.7. The Hall–Kier alpha value is -1.77. The average molecular weight is 274 g/mol. The third-order valence-corrected chi connectivity index (χ3v) is 3.37. The van der Waals surface area contributed by atoms with Crippen molar-refractivity contribution in [1.82, 2.24) is 0 Å². The molecule has 0 unspecified atom stereocenters. The number of rotatable bonds is 5. The molecule has 0 bridgehead atoms. The van der Waals surface area contributed by atoms with Crippen molar-refractivity contribution in [3.63, 3.8) is 0 Å². The Balaban J connectivity index is 2.31. The summed E-state index contributed by atoms with van der Waals surface area (Å²) in [7, 11) is 0. The second-order valence-electron chi connectivity index (χ2n) is 4.87. The fourth-order valence-electron chi connectivity index (χ4n) is 2.43. The number of benzene rings is 1. The van der Waals surface area contributed by atoms with E-state index in [1.807, 2.05) is 32.0 Å². The lowest BCUT2D eigenvalue weighted by Crippen LogP contribution is -1.99. The summed E-state index contributed by atoms with van der Waals surface area (Å²) in [5.41, 5.74) is 2.17. The molecule has 0 fully saturated rings. The minimum absolute atomic E-state index is 0.226. The van der Waals surface area contributed by atoms with Gasteiger partial charge in [-0.05, 0) is 62.5 Å². The molecule has 0 aliphatic heterocycles. The Kier molecular flexibility index (Phi) is 5.22. The van der Waals surface area contributed by atoms with Gasteiger partial charge in [0.1, 0.15) is 0 Å². The van der Waals surface area contributed by atoms with Gasteiger partial charge in [0.05, 0.1) is 13.2 Å². The Bertz CT molecular complexity index is 503. The SMILES string of the molecule is CCOc1ccc(C2=CC(=O)CCCC2)cc1OCC. The van der Waals surface area contributed by atoms with Crippen molar-refractivity contribution >= 4 is 11.4 Å². The standard InChI is InChI=1S/C17H22O3/c1-3-19-16-10-9-14(12-17(16)20-4-2)13-7-5-6-8-15(18)11-13/h9-12H,3-8H2,1-2H3. The largest absolute Gasteiger partial charge is 0.490 e. The van der Waals surface area contributed by atoms with E-state index in [1.54, 1.807) is 6.08 Å². The van der Waals surface area contributed by atoms with E-state index >= 15 is 0 Å². The zero-order valence-corrected chi connectivity index (χ0v) is 12.3. The summed E-state index contributed by atoms with van der Waals surface area (Å²) in [5, 5.41) is 0. The molecule has 0 radical (unpaired) electrons. The summed E-state index contributed by atoms with van der Waals surface area (Å²) in [6, 6.07) is 5.93. The van der Waals surface area contributed by atoms with Crippen molar-refractivity contribution in [2.45, 2.75) is 39.5 Å². The van der Waals surface area contributed by atoms with E-state index in [-0.39, 0.29) is 5.78 Å². The van der Waals surface area contributed by atoms with Crippen LogP contribution >= 0.6 is 0 Å². The maximum atomic E-state index is 11.7. The van der Waals surface area contributed by atoms with Crippen LogP contribution in [0.25, 0.3) is 5.57 Å². The van der Waals surface area contributed by atoms with Crippen LogP contribution in [0.4, 0.5) is 0 Å². The van der Waals surface area contributed by atoms with Gasteiger partial charge in [-0.25, -0.2) is 0 Å². The molecule has 1 aliphatic rings. The van der Waals surface area contributed by atoms with Crippen molar-refractivity contribution in [2.24, 2.45) is 0 Å². The molecule has 0 atom stereocenters. The number of ketones is 1. The maximum Gasteiger partial charge on any atom is 0.161 e. The van der Waals surface area contributed by atoms with E-state index in [1.165, 1.54) is 0 Å². The van der Waals surface area contributed by atoms with E-state index in [0.29, 0.717) is 19.6 Å². The highest BCUT2D eigenvalue weighted by Gasteiger charge is 2.13. The van der Waals surface area contributed by atoms with Crippen LogP contribution in [0.1, 0.15) is 45.1 Å². The molecule has 0 saturated carbocycles. The van der Waals surface area contributed by atoms with Gasteiger partial charge in [-0.3, -0.25) is 4.79 Å². The maximum absolute atomic E-state index is 11.7. The van der Waals surface area contributed by atoms with Gasteiger partial charge < -0.3 is 9.47 Å². The van der Waals surface area contributed by atoms with Crippen LogP contribution in [0, 0.1) is 0 Å². The Labute approximate surface area is 120 Å². The van der Waals surface area contributed by atoms with Crippen LogP contribution in [-0.2, 0) is 4.79 Å². The number of ether oxygens (including phenoxy) is 2. The van der Waals surface area contributed by atoms with E-state index in [0.717, 1.165) is 41.9 Å². The molecule has 108 valence electrons. The fraction of sp³-hybridized carbons (Fsp3) is 0.471. The minimum atomic E-state index is 0.226. The Morgan fingerprint density at radius 1 is 1.00 bits per heavy atom. The molecule has 0 N–H and O–H groups in total. The van der Waals surface area contributed by atoms with Crippen LogP contribution < -0.4 is 9.47 Å². The van der Waals surface area contributed by atoms with Gasteiger partial charge in [0, 0.05) is 6.42 Å². The predicted octanol–water partition coefficient (Wildman–Crippen LogP) is 4.01. The first-order valence-electron chi connectivity index (χ1n) is 7.38. The first-order chi connectivity index (χ1) is 9.74.